The van der Waals surface area contributed by atoms with Crippen molar-refractivity contribution in [2.24, 2.45) is 0 Å². The molecule has 1 unspecified atom stereocenters. The van der Waals surface area contributed by atoms with Crippen LogP contribution in [0, 0.1) is 0 Å². The lowest BCUT2D eigenvalue weighted by Crippen LogP contribution is -2.52. The van der Waals surface area contributed by atoms with E-state index in [0.29, 0.717) is 6.17 Å². The molecule has 2 aliphatic heterocycles. The molecule has 3 nitrogen and oxygen atoms in total. The van der Waals surface area contributed by atoms with Gasteiger partial charge in [-0.15, -0.1) is 11.3 Å². The molecule has 2 aliphatic rings. The second-order valence-electron chi connectivity index (χ2n) is 12.9. The molecule has 3 heterocycles. The SMILES string of the molecule is CC(C)(C)c1cc(C(C)(C)C)c2sc3ccc(CN4CCCN5CCCCCC54)cc3c(=O)c2c1. The summed E-state index contributed by atoms with van der Waals surface area (Å²) in [5.74, 6) is 0. The molecule has 0 saturated carbocycles. The van der Waals surface area contributed by atoms with Crippen LogP contribution in [0.3, 0.4) is 0 Å². The third kappa shape index (κ3) is 4.95. The largest absolute Gasteiger partial charge is 0.289 e. The van der Waals surface area contributed by atoms with Crippen LogP contribution in [-0.2, 0) is 17.4 Å². The minimum absolute atomic E-state index is 0.000941. The minimum Gasteiger partial charge on any atom is -0.289 e. The Bertz CT molecular complexity index is 1290. The molecule has 0 bridgehead atoms. The molecule has 1 atom stereocenters. The lowest BCUT2D eigenvalue weighted by atomic mass is 9.80. The van der Waals surface area contributed by atoms with Crippen molar-refractivity contribution < 1.29 is 0 Å². The molecular weight excluding hydrogens is 448 g/mol. The number of rotatable bonds is 2. The molecule has 2 fully saturated rings. The van der Waals surface area contributed by atoms with Crippen LogP contribution in [0.4, 0.5) is 0 Å². The summed E-state index contributed by atoms with van der Waals surface area (Å²) in [5, 5.41) is 1.78. The molecule has 0 N–H and O–H groups in total. The van der Waals surface area contributed by atoms with Gasteiger partial charge in [-0.3, -0.25) is 14.6 Å². The summed E-state index contributed by atoms with van der Waals surface area (Å²) >= 11 is 1.79. The van der Waals surface area contributed by atoms with Gasteiger partial charge in [-0.25, -0.2) is 0 Å². The zero-order chi connectivity index (χ0) is 25.0. The number of nitrogens with zero attached hydrogens (tertiary/aromatic N) is 2. The molecular formula is C31H42N2OS. The fourth-order valence-corrected chi connectivity index (χ4v) is 7.32. The van der Waals surface area contributed by atoms with Gasteiger partial charge in [0.2, 0.25) is 0 Å². The summed E-state index contributed by atoms with van der Waals surface area (Å²) in [4.78, 5) is 19.3. The van der Waals surface area contributed by atoms with Crippen molar-refractivity contribution in [2.75, 3.05) is 19.6 Å². The first-order valence-corrected chi connectivity index (χ1v) is 14.4. The predicted molar refractivity (Wildman–Crippen MR) is 152 cm³/mol. The van der Waals surface area contributed by atoms with Gasteiger partial charge in [-0.1, -0.05) is 66.5 Å². The fourth-order valence-electron chi connectivity index (χ4n) is 5.96. The van der Waals surface area contributed by atoms with E-state index in [-0.39, 0.29) is 16.3 Å². The normalized spacial score (nSPS) is 20.8. The van der Waals surface area contributed by atoms with Gasteiger partial charge in [0.15, 0.2) is 5.43 Å². The highest BCUT2D eigenvalue weighted by atomic mass is 32.1. The maximum atomic E-state index is 13.9. The highest BCUT2D eigenvalue weighted by Gasteiger charge is 2.30. The number of benzene rings is 2. The zero-order valence-corrected chi connectivity index (χ0v) is 23.4. The zero-order valence-electron chi connectivity index (χ0n) is 22.5. The van der Waals surface area contributed by atoms with Crippen LogP contribution in [0.2, 0.25) is 0 Å². The van der Waals surface area contributed by atoms with E-state index in [2.05, 4.69) is 81.7 Å². The van der Waals surface area contributed by atoms with Crippen molar-refractivity contribution in [1.82, 2.24) is 9.80 Å². The van der Waals surface area contributed by atoms with E-state index in [1.54, 1.807) is 11.3 Å². The molecule has 188 valence electrons. The third-order valence-corrected chi connectivity index (χ3v) is 9.26. The lowest BCUT2D eigenvalue weighted by Gasteiger charge is -2.43. The van der Waals surface area contributed by atoms with Crippen molar-refractivity contribution in [1.29, 1.82) is 0 Å². The van der Waals surface area contributed by atoms with E-state index in [0.717, 1.165) is 33.3 Å². The van der Waals surface area contributed by atoms with Crippen LogP contribution in [-0.4, -0.2) is 35.6 Å². The summed E-state index contributed by atoms with van der Waals surface area (Å²) < 4.78 is 2.26. The summed E-state index contributed by atoms with van der Waals surface area (Å²) in [6.07, 6.45) is 7.11. The second kappa shape index (κ2) is 9.28. The Labute approximate surface area is 215 Å². The molecule has 0 amide bonds. The first-order valence-electron chi connectivity index (χ1n) is 13.5. The Kier molecular flexibility index (Phi) is 6.61. The quantitative estimate of drug-likeness (QED) is 0.349. The monoisotopic (exact) mass is 490 g/mol. The van der Waals surface area contributed by atoms with E-state index in [1.165, 1.54) is 61.9 Å². The third-order valence-electron chi connectivity index (χ3n) is 8.04. The summed E-state index contributed by atoms with van der Waals surface area (Å²) in [6.45, 7) is 18.1. The maximum Gasteiger partial charge on any atom is 0.195 e. The molecule has 0 spiro atoms. The van der Waals surface area contributed by atoms with Crippen LogP contribution in [0.5, 0.6) is 0 Å². The minimum atomic E-state index is -0.0189. The molecule has 1 aromatic heterocycles. The van der Waals surface area contributed by atoms with Crippen molar-refractivity contribution in [3.8, 4) is 0 Å². The topological polar surface area (TPSA) is 23.6 Å². The van der Waals surface area contributed by atoms with Gasteiger partial charge in [0, 0.05) is 39.8 Å². The highest BCUT2D eigenvalue weighted by molar-refractivity contribution is 7.24. The van der Waals surface area contributed by atoms with Crippen LogP contribution in [0.15, 0.2) is 35.1 Å². The van der Waals surface area contributed by atoms with E-state index in [9.17, 15) is 4.79 Å². The summed E-state index contributed by atoms with van der Waals surface area (Å²) in [6, 6.07) is 11.2. The van der Waals surface area contributed by atoms with Crippen molar-refractivity contribution in [3.05, 3.63) is 57.2 Å². The molecule has 5 rings (SSSR count). The molecule has 2 saturated heterocycles. The van der Waals surface area contributed by atoms with Crippen LogP contribution in [0.25, 0.3) is 20.2 Å². The number of fused-ring (bicyclic) bond motifs is 3. The average molecular weight is 491 g/mol. The summed E-state index contributed by atoms with van der Waals surface area (Å²) in [5.41, 5.74) is 3.99. The highest BCUT2D eigenvalue weighted by Crippen LogP contribution is 2.38. The van der Waals surface area contributed by atoms with Gasteiger partial charge in [0.1, 0.15) is 0 Å². The Morgan fingerprint density at radius 2 is 1.63 bits per heavy atom. The van der Waals surface area contributed by atoms with Gasteiger partial charge in [0.05, 0.1) is 6.17 Å². The first-order chi connectivity index (χ1) is 16.5. The van der Waals surface area contributed by atoms with Gasteiger partial charge >= 0.3 is 0 Å². The fraction of sp³-hybridized carbons (Fsp3) is 0.581. The molecule has 2 aromatic carbocycles. The van der Waals surface area contributed by atoms with Gasteiger partial charge < -0.3 is 0 Å². The second-order valence-corrected chi connectivity index (χ2v) is 13.9. The predicted octanol–water partition coefficient (Wildman–Crippen LogP) is 7.42. The van der Waals surface area contributed by atoms with Crippen molar-refractivity contribution >= 4 is 31.5 Å². The van der Waals surface area contributed by atoms with E-state index in [1.807, 2.05) is 0 Å². The van der Waals surface area contributed by atoms with E-state index < -0.39 is 0 Å². The van der Waals surface area contributed by atoms with Crippen LogP contribution < -0.4 is 5.43 Å². The van der Waals surface area contributed by atoms with Crippen molar-refractivity contribution in [2.45, 2.75) is 97.2 Å². The molecule has 0 aliphatic carbocycles. The molecule has 35 heavy (non-hydrogen) atoms. The average Bonchev–Trinajstić information content (AvgIpc) is 3.04. The lowest BCUT2D eigenvalue weighted by molar-refractivity contribution is -0.000324. The Morgan fingerprint density at radius 1 is 0.857 bits per heavy atom. The van der Waals surface area contributed by atoms with Gasteiger partial charge in [-0.05, 0) is 71.5 Å². The molecule has 4 heteroatoms. The number of hydrogen-bond acceptors (Lipinski definition) is 4. The number of hydrogen-bond donors (Lipinski definition) is 0. The Hall–Kier alpha value is -1.75. The van der Waals surface area contributed by atoms with E-state index >= 15 is 0 Å². The van der Waals surface area contributed by atoms with E-state index in [4.69, 9.17) is 0 Å². The van der Waals surface area contributed by atoms with Gasteiger partial charge in [-0.2, -0.15) is 0 Å². The smallest absolute Gasteiger partial charge is 0.195 e. The van der Waals surface area contributed by atoms with Crippen LogP contribution in [0.1, 0.15) is 90.3 Å². The molecule has 0 radical (unpaired) electrons. The standard InChI is InChI=1S/C31H42N2OS/c1-30(2,3)22-18-24-28(34)23-17-21(12-13-26(23)35-29(24)25(19-22)31(4,5)6)20-33-16-10-15-32-14-9-7-8-11-27(32)33/h12-13,17-19,27H,7-11,14-16,20H2,1-6H3. The molecule has 3 aromatic rings. The van der Waals surface area contributed by atoms with Crippen molar-refractivity contribution in [3.63, 3.8) is 0 Å². The summed E-state index contributed by atoms with van der Waals surface area (Å²) in [7, 11) is 0. The maximum absolute atomic E-state index is 13.9. The van der Waals surface area contributed by atoms with Crippen LogP contribution >= 0.6 is 11.3 Å². The first kappa shape index (κ1) is 24.9. The Balaban J connectivity index is 1.59. The Morgan fingerprint density at radius 3 is 2.37 bits per heavy atom. The van der Waals surface area contributed by atoms with Gasteiger partial charge in [0.25, 0.3) is 0 Å².